The lowest BCUT2D eigenvalue weighted by atomic mass is 10.2. The normalized spacial score (nSPS) is 14.0. The van der Waals surface area contributed by atoms with Gasteiger partial charge in [-0.1, -0.05) is 35.3 Å². The minimum Gasteiger partial charge on any atom is -0.423 e. The van der Waals surface area contributed by atoms with E-state index in [2.05, 4.69) is 4.40 Å². The van der Waals surface area contributed by atoms with Crippen LogP contribution < -0.4 is 9.64 Å². The predicted octanol–water partition coefficient (Wildman–Crippen LogP) is 4.80. The Kier molecular flexibility index (Phi) is 5.27. The molecule has 3 aromatic carbocycles. The molecule has 6 nitrogen and oxygen atoms in total. The summed E-state index contributed by atoms with van der Waals surface area (Å²) in [6, 6.07) is 17.8. The number of esters is 1. The molecule has 0 radical (unpaired) electrons. The van der Waals surface area contributed by atoms with E-state index in [1.54, 1.807) is 60.5 Å². The lowest BCUT2D eigenvalue weighted by Crippen LogP contribution is -2.25. The maximum atomic E-state index is 12.3. The van der Waals surface area contributed by atoms with Crippen molar-refractivity contribution in [3.8, 4) is 5.75 Å². The van der Waals surface area contributed by atoms with Crippen LogP contribution in [0.25, 0.3) is 0 Å². The highest BCUT2D eigenvalue weighted by Gasteiger charge is 2.30. The molecule has 0 bridgehead atoms. The SMILES string of the molecule is CN(C1=NS(=O)(=O)c2ccccc21)c1ccc(OC(=O)c2ccc(Cl)cc2Cl)cc1. The first-order valence-electron chi connectivity index (χ1n) is 8.72. The van der Waals surface area contributed by atoms with Gasteiger partial charge in [-0.05, 0) is 54.6 Å². The summed E-state index contributed by atoms with van der Waals surface area (Å²) in [4.78, 5) is 14.2. The van der Waals surface area contributed by atoms with Crippen molar-refractivity contribution in [2.45, 2.75) is 4.90 Å². The number of hydrogen-bond donors (Lipinski definition) is 0. The highest BCUT2D eigenvalue weighted by atomic mass is 35.5. The molecule has 0 saturated carbocycles. The van der Waals surface area contributed by atoms with Crippen molar-refractivity contribution in [1.29, 1.82) is 0 Å². The number of nitrogens with zero attached hydrogens (tertiary/aromatic N) is 2. The fraction of sp³-hybridized carbons (Fsp3) is 0.0476. The number of sulfonamides is 1. The molecule has 0 unspecified atom stereocenters. The Morgan fingerprint density at radius 1 is 1.00 bits per heavy atom. The number of amidine groups is 1. The zero-order chi connectivity index (χ0) is 21.5. The molecule has 1 aliphatic rings. The summed E-state index contributed by atoms with van der Waals surface area (Å²) >= 11 is 11.9. The Morgan fingerprint density at radius 2 is 1.70 bits per heavy atom. The van der Waals surface area contributed by atoms with Gasteiger partial charge in [0.15, 0.2) is 5.84 Å². The van der Waals surface area contributed by atoms with E-state index in [-0.39, 0.29) is 15.5 Å². The summed E-state index contributed by atoms with van der Waals surface area (Å²) in [5.74, 6) is 0.0193. The molecule has 0 N–H and O–H groups in total. The molecule has 4 rings (SSSR count). The van der Waals surface area contributed by atoms with Crippen molar-refractivity contribution in [3.63, 3.8) is 0 Å². The zero-order valence-electron chi connectivity index (χ0n) is 15.5. The lowest BCUT2D eigenvalue weighted by molar-refractivity contribution is 0.0735. The molecule has 0 fully saturated rings. The molecule has 0 saturated heterocycles. The molecule has 152 valence electrons. The van der Waals surface area contributed by atoms with Gasteiger partial charge in [0.2, 0.25) is 0 Å². The number of ether oxygens (including phenoxy) is 1. The monoisotopic (exact) mass is 460 g/mol. The van der Waals surface area contributed by atoms with E-state index in [0.717, 1.165) is 0 Å². The van der Waals surface area contributed by atoms with Crippen LogP contribution in [0.2, 0.25) is 10.0 Å². The third kappa shape index (κ3) is 3.79. The molecule has 3 aromatic rings. The average Bonchev–Trinajstić information content (AvgIpc) is 2.99. The van der Waals surface area contributed by atoms with Gasteiger partial charge in [0.05, 0.1) is 10.6 Å². The minimum absolute atomic E-state index is 0.178. The molecule has 9 heteroatoms. The smallest absolute Gasteiger partial charge is 0.345 e. The van der Waals surface area contributed by atoms with Crippen molar-refractivity contribution in [2.75, 3.05) is 11.9 Å². The van der Waals surface area contributed by atoms with Crippen molar-refractivity contribution in [3.05, 3.63) is 87.9 Å². The Morgan fingerprint density at radius 3 is 2.40 bits per heavy atom. The van der Waals surface area contributed by atoms with Gasteiger partial charge in [0, 0.05) is 23.3 Å². The standard InChI is InChI=1S/C21H14Cl2N2O4S/c1-25(20-17-4-2-3-5-19(17)30(27,28)24-20)14-7-9-15(10-8-14)29-21(26)16-11-6-13(22)12-18(16)23/h2-12H,1H3. The Balaban J connectivity index is 1.55. The highest BCUT2D eigenvalue weighted by Crippen LogP contribution is 2.30. The van der Waals surface area contributed by atoms with Crippen LogP contribution in [0.1, 0.15) is 15.9 Å². The molecular formula is C21H14Cl2N2O4S. The molecule has 30 heavy (non-hydrogen) atoms. The van der Waals surface area contributed by atoms with Crippen molar-refractivity contribution >= 4 is 50.7 Å². The van der Waals surface area contributed by atoms with E-state index in [0.29, 0.717) is 27.9 Å². The van der Waals surface area contributed by atoms with Gasteiger partial charge in [-0.25, -0.2) is 4.79 Å². The fourth-order valence-corrected chi connectivity index (χ4v) is 4.73. The van der Waals surface area contributed by atoms with Crippen LogP contribution >= 0.6 is 23.2 Å². The Bertz CT molecular complexity index is 1290. The maximum absolute atomic E-state index is 12.3. The number of rotatable bonds is 3. The third-order valence-electron chi connectivity index (χ3n) is 4.52. The number of carbonyl (C=O) groups is 1. The van der Waals surface area contributed by atoms with Crippen LogP contribution in [0.3, 0.4) is 0 Å². The van der Waals surface area contributed by atoms with Crippen LogP contribution in [-0.2, 0) is 10.0 Å². The van der Waals surface area contributed by atoms with Gasteiger partial charge in [-0.2, -0.15) is 8.42 Å². The van der Waals surface area contributed by atoms with Gasteiger partial charge in [0.1, 0.15) is 10.6 Å². The van der Waals surface area contributed by atoms with E-state index < -0.39 is 16.0 Å². The highest BCUT2D eigenvalue weighted by molar-refractivity contribution is 7.90. The minimum atomic E-state index is -3.71. The second-order valence-corrected chi connectivity index (χ2v) is 8.87. The molecule has 0 spiro atoms. The number of benzene rings is 3. The molecule has 1 aliphatic heterocycles. The molecule has 0 aromatic heterocycles. The van der Waals surface area contributed by atoms with Crippen molar-refractivity contribution in [1.82, 2.24) is 0 Å². The van der Waals surface area contributed by atoms with E-state index in [1.807, 2.05) is 0 Å². The summed E-state index contributed by atoms with van der Waals surface area (Å²) in [6.45, 7) is 0. The summed E-state index contributed by atoms with van der Waals surface area (Å²) in [7, 11) is -2.00. The number of fused-ring (bicyclic) bond motifs is 1. The largest absolute Gasteiger partial charge is 0.423 e. The van der Waals surface area contributed by atoms with E-state index in [1.165, 1.54) is 18.2 Å². The van der Waals surface area contributed by atoms with Gasteiger partial charge >= 0.3 is 5.97 Å². The predicted molar refractivity (Wildman–Crippen MR) is 116 cm³/mol. The van der Waals surface area contributed by atoms with Gasteiger partial charge < -0.3 is 9.64 Å². The Labute approximate surface area is 183 Å². The van der Waals surface area contributed by atoms with Gasteiger partial charge in [-0.3, -0.25) is 0 Å². The van der Waals surface area contributed by atoms with Gasteiger partial charge in [0.25, 0.3) is 10.0 Å². The topological polar surface area (TPSA) is 76.0 Å². The van der Waals surface area contributed by atoms with E-state index in [4.69, 9.17) is 27.9 Å². The quantitative estimate of drug-likeness (QED) is 0.414. The third-order valence-corrected chi connectivity index (χ3v) is 6.39. The second-order valence-electron chi connectivity index (χ2n) is 6.45. The molecule has 0 aliphatic carbocycles. The summed E-state index contributed by atoms with van der Waals surface area (Å²) in [6.07, 6.45) is 0. The first-order chi connectivity index (χ1) is 14.3. The van der Waals surface area contributed by atoms with Crippen LogP contribution in [0, 0.1) is 0 Å². The fourth-order valence-electron chi connectivity index (χ4n) is 3.01. The number of anilines is 1. The summed E-state index contributed by atoms with van der Waals surface area (Å²) in [5, 5.41) is 0.616. The Hall–Kier alpha value is -2.87. The van der Waals surface area contributed by atoms with Gasteiger partial charge in [-0.15, -0.1) is 4.40 Å². The van der Waals surface area contributed by atoms with E-state index in [9.17, 15) is 13.2 Å². The van der Waals surface area contributed by atoms with Crippen LogP contribution in [0.4, 0.5) is 5.69 Å². The van der Waals surface area contributed by atoms with E-state index >= 15 is 0 Å². The average molecular weight is 461 g/mol. The first kappa shape index (κ1) is 20.4. The number of hydrogen-bond acceptors (Lipinski definition) is 5. The zero-order valence-corrected chi connectivity index (χ0v) is 17.9. The maximum Gasteiger partial charge on any atom is 0.345 e. The number of halogens is 2. The lowest BCUT2D eigenvalue weighted by Gasteiger charge is -2.19. The van der Waals surface area contributed by atoms with Crippen molar-refractivity contribution < 1.29 is 17.9 Å². The number of carbonyl (C=O) groups excluding carboxylic acids is 1. The summed E-state index contributed by atoms with van der Waals surface area (Å²) in [5.41, 5.74) is 1.40. The summed E-state index contributed by atoms with van der Waals surface area (Å²) < 4.78 is 33.8. The van der Waals surface area contributed by atoms with Crippen LogP contribution in [0.5, 0.6) is 5.75 Å². The van der Waals surface area contributed by atoms with Crippen LogP contribution in [-0.4, -0.2) is 27.3 Å². The van der Waals surface area contributed by atoms with Crippen LogP contribution in [0.15, 0.2) is 76.0 Å². The molecule has 0 amide bonds. The van der Waals surface area contributed by atoms with Crippen molar-refractivity contribution in [2.24, 2.45) is 4.40 Å². The molecular weight excluding hydrogens is 447 g/mol. The second kappa shape index (κ2) is 7.75. The molecule has 0 atom stereocenters. The molecule has 1 heterocycles. The first-order valence-corrected chi connectivity index (χ1v) is 10.9.